The first kappa shape index (κ1) is 7.40. The number of nitrogens with zero attached hydrogens (tertiary/aromatic N) is 1. The molecule has 3 nitrogen and oxygen atoms in total. The lowest BCUT2D eigenvalue weighted by atomic mass is 9.83. The van der Waals surface area contributed by atoms with E-state index in [9.17, 15) is 0 Å². The second-order valence-corrected chi connectivity index (χ2v) is 2.68. The van der Waals surface area contributed by atoms with Gasteiger partial charge in [0.25, 0.3) is 0 Å². The Balaban J connectivity index is 2.62. The molecule has 12 heavy (non-hydrogen) atoms. The van der Waals surface area contributed by atoms with Crippen molar-refractivity contribution in [1.82, 2.24) is 4.40 Å². The molecule has 0 spiro atoms. The van der Waals surface area contributed by atoms with Gasteiger partial charge in [-0.2, -0.15) is 0 Å². The van der Waals surface area contributed by atoms with Crippen LogP contribution in [0.1, 0.15) is 0 Å². The second-order valence-electron chi connectivity index (χ2n) is 2.68. The van der Waals surface area contributed by atoms with Crippen molar-refractivity contribution in [2.45, 2.75) is 0 Å². The minimum absolute atomic E-state index is 0.515. The highest BCUT2D eigenvalue weighted by atomic mass is 16.4. The SMILES string of the molecule is OB(O)c1cc2ccccn2c1. The number of rotatable bonds is 1. The van der Waals surface area contributed by atoms with Crippen LogP contribution in [0.15, 0.2) is 36.7 Å². The normalized spacial score (nSPS) is 10.5. The summed E-state index contributed by atoms with van der Waals surface area (Å²) in [7, 11) is -1.38. The highest BCUT2D eigenvalue weighted by Gasteiger charge is 2.12. The third-order valence-electron chi connectivity index (χ3n) is 1.82. The summed E-state index contributed by atoms with van der Waals surface area (Å²) in [5, 5.41) is 17.7. The van der Waals surface area contributed by atoms with E-state index in [0.717, 1.165) is 5.52 Å². The number of hydrogen-bond acceptors (Lipinski definition) is 2. The van der Waals surface area contributed by atoms with Gasteiger partial charge in [-0.1, -0.05) is 6.07 Å². The first-order chi connectivity index (χ1) is 5.77. The molecule has 2 N–H and O–H groups in total. The van der Waals surface area contributed by atoms with Crippen molar-refractivity contribution >= 4 is 18.1 Å². The Morgan fingerprint density at radius 1 is 1.25 bits per heavy atom. The molecule has 0 aliphatic rings. The van der Waals surface area contributed by atoms with Crippen molar-refractivity contribution in [2.24, 2.45) is 0 Å². The third-order valence-corrected chi connectivity index (χ3v) is 1.82. The smallest absolute Gasteiger partial charge is 0.423 e. The van der Waals surface area contributed by atoms with Crippen LogP contribution in [-0.4, -0.2) is 21.6 Å². The highest BCUT2D eigenvalue weighted by Crippen LogP contribution is 2.01. The third kappa shape index (κ3) is 1.11. The first-order valence-corrected chi connectivity index (χ1v) is 3.70. The number of aromatic nitrogens is 1. The zero-order chi connectivity index (χ0) is 8.55. The van der Waals surface area contributed by atoms with Crippen molar-refractivity contribution in [3.05, 3.63) is 36.7 Å². The lowest BCUT2D eigenvalue weighted by Crippen LogP contribution is -2.28. The van der Waals surface area contributed by atoms with Gasteiger partial charge in [-0.05, 0) is 18.2 Å². The van der Waals surface area contributed by atoms with E-state index in [1.54, 1.807) is 12.3 Å². The van der Waals surface area contributed by atoms with Gasteiger partial charge in [0.05, 0.1) is 0 Å². The molecule has 0 radical (unpaired) electrons. The molecule has 0 saturated carbocycles. The summed E-state index contributed by atoms with van der Waals surface area (Å²) >= 11 is 0. The van der Waals surface area contributed by atoms with E-state index in [4.69, 9.17) is 10.0 Å². The van der Waals surface area contributed by atoms with Gasteiger partial charge < -0.3 is 14.4 Å². The van der Waals surface area contributed by atoms with Crippen LogP contribution in [0.2, 0.25) is 0 Å². The van der Waals surface area contributed by atoms with Gasteiger partial charge in [0.15, 0.2) is 0 Å². The first-order valence-electron chi connectivity index (χ1n) is 3.70. The molecule has 2 aromatic heterocycles. The lowest BCUT2D eigenvalue weighted by molar-refractivity contribution is 0.426. The van der Waals surface area contributed by atoms with E-state index < -0.39 is 7.12 Å². The molecule has 0 aromatic carbocycles. The summed E-state index contributed by atoms with van der Waals surface area (Å²) in [6.07, 6.45) is 3.56. The molecular weight excluding hydrogens is 153 g/mol. The topological polar surface area (TPSA) is 44.9 Å². The molecule has 0 unspecified atom stereocenters. The van der Waals surface area contributed by atoms with Gasteiger partial charge >= 0.3 is 7.12 Å². The highest BCUT2D eigenvalue weighted by molar-refractivity contribution is 6.58. The maximum atomic E-state index is 8.87. The van der Waals surface area contributed by atoms with E-state index in [-0.39, 0.29) is 0 Å². The summed E-state index contributed by atoms with van der Waals surface area (Å²) in [4.78, 5) is 0. The molecule has 2 aromatic rings. The fraction of sp³-hybridized carbons (Fsp3) is 0. The molecule has 0 fully saturated rings. The Morgan fingerprint density at radius 3 is 2.75 bits per heavy atom. The molecule has 0 aliphatic carbocycles. The molecule has 60 valence electrons. The van der Waals surface area contributed by atoms with Crippen molar-refractivity contribution in [1.29, 1.82) is 0 Å². The van der Waals surface area contributed by atoms with Crippen LogP contribution < -0.4 is 5.46 Å². The maximum Gasteiger partial charge on any atom is 0.490 e. The Labute approximate surface area is 70.0 Å². The molecular formula is C8H8BNO2. The van der Waals surface area contributed by atoms with Crippen LogP contribution in [0.4, 0.5) is 0 Å². The number of hydrogen-bond donors (Lipinski definition) is 2. The summed E-state index contributed by atoms with van der Waals surface area (Å²) in [6, 6.07) is 7.44. The summed E-state index contributed by atoms with van der Waals surface area (Å²) in [6.45, 7) is 0. The average molecular weight is 161 g/mol. The number of pyridine rings is 1. The predicted molar refractivity (Wildman–Crippen MR) is 47.2 cm³/mol. The molecule has 0 aliphatic heterocycles. The molecule has 4 heteroatoms. The van der Waals surface area contributed by atoms with Crippen molar-refractivity contribution in [3.8, 4) is 0 Å². The van der Waals surface area contributed by atoms with Gasteiger partial charge in [-0.15, -0.1) is 0 Å². The molecule has 0 amide bonds. The van der Waals surface area contributed by atoms with Crippen LogP contribution in [-0.2, 0) is 0 Å². The Hall–Kier alpha value is -1.26. The van der Waals surface area contributed by atoms with E-state index >= 15 is 0 Å². The van der Waals surface area contributed by atoms with Gasteiger partial charge in [0, 0.05) is 23.4 Å². The van der Waals surface area contributed by atoms with Crippen molar-refractivity contribution in [2.75, 3.05) is 0 Å². The second kappa shape index (κ2) is 2.66. The maximum absolute atomic E-state index is 8.87. The van der Waals surface area contributed by atoms with Crippen molar-refractivity contribution < 1.29 is 10.0 Å². The van der Waals surface area contributed by atoms with Gasteiger partial charge in [0.1, 0.15) is 0 Å². The average Bonchev–Trinajstić information content (AvgIpc) is 2.46. The molecule has 2 heterocycles. The molecule has 0 saturated heterocycles. The van der Waals surface area contributed by atoms with Gasteiger partial charge in [-0.3, -0.25) is 0 Å². The van der Waals surface area contributed by atoms with Crippen LogP contribution in [0.3, 0.4) is 0 Å². The van der Waals surface area contributed by atoms with Crippen LogP contribution >= 0.6 is 0 Å². The monoisotopic (exact) mass is 161 g/mol. The van der Waals surface area contributed by atoms with Gasteiger partial charge in [-0.25, -0.2) is 0 Å². The van der Waals surface area contributed by atoms with Gasteiger partial charge in [0.2, 0.25) is 0 Å². The van der Waals surface area contributed by atoms with E-state index in [2.05, 4.69) is 0 Å². The largest absolute Gasteiger partial charge is 0.490 e. The lowest BCUT2D eigenvalue weighted by Gasteiger charge is -1.89. The van der Waals surface area contributed by atoms with Crippen LogP contribution in [0, 0.1) is 0 Å². The number of fused-ring (bicyclic) bond motifs is 1. The summed E-state index contributed by atoms with van der Waals surface area (Å²) < 4.78 is 1.84. The van der Waals surface area contributed by atoms with Crippen LogP contribution in [0.5, 0.6) is 0 Å². The van der Waals surface area contributed by atoms with Crippen molar-refractivity contribution in [3.63, 3.8) is 0 Å². The molecule has 0 atom stereocenters. The van der Waals surface area contributed by atoms with E-state index in [1.807, 2.05) is 28.8 Å². The summed E-state index contributed by atoms with van der Waals surface area (Å²) in [5.41, 5.74) is 1.47. The minimum Gasteiger partial charge on any atom is -0.423 e. The van der Waals surface area contributed by atoms with E-state index in [0.29, 0.717) is 5.46 Å². The predicted octanol–water partition coefficient (Wildman–Crippen LogP) is -0.381. The fourth-order valence-electron chi connectivity index (χ4n) is 1.22. The molecule has 0 bridgehead atoms. The fourth-order valence-corrected chi connectivity index (χ4v) is 1.22. The van der Waals surface area contributed by atoms with E-state index in [1.165, 1.54) is 0 Å². The Kier molecular flexibility index (Phi) is 1.64. The van der Waals surface area contributed by atoms with Crippen LogP contribution in [0.25, 0.3) is 5.52 Å². The quantitative estimate of drug-likeness (QED) is 0.560. The Morgan fingerprint density at radius 2 is 2.08 bits per heavy atom. The zero-order valence-corrected chi connectivity index (χ0v) is 6.38. The Bertz CT molecular complexity index is 364. The molecule has 2 rings (SSSR count). The standard InChI is InChI=1S/C8H8BNO2/c11-9(12)7-5-8-3-1-2-4-10(8)6-7/h1-6,11-12H. The zero-order valence-electron chi connectivity index (χ0n) is 6.38. The summed E-state index contributed by atoms with van der Waals surface area (Å²) in [5.74, 6) is 0. The minimum atomic E-state index is -1.38.